The molecule has 3 nitrogen and oxygen atoms in total. The molecular formula is C13H17NO2. The summed E-state index contributed by atoms with van der Waals surface area (Å²) >= 11 is 0. The van der Waals surface area contributed by atoms with Gasteiger partial charge in [0.25, 0.3) is 0 Å². The first-order valence-corrected chi connectivity index (χ1v) is 5.56. The number of rotatable bonds is 3. The van der Waals surface area contributed by atoms with E-state index in [1.54, 1.807) is 6.92 Å². The second-order valence-electron chi connectivity index (χ2n) is 3.98. The van der Waals surface area contributed by atoms with Crippen molar-refractivity contribution in [1.29, 1.82) is 0 Å². The van der Waals surface area contributed by atoms with Crippen LogP contribution in [0.5, 0.6) is 5.75 Å². The lowest BCUT2D eigenvalue weighted by Gasteiger charge is -2.06. The maximum atomic E-state index is 9.75. The average Bonchev–Trinajstić information content (AvgIpc) is 2.53. The van der Waals surface area contributed by atoms with Crippen LogP contribution in [0, 0.1) is 6.92 Å². The molecule has 0 spiro atoms. The molecule has 0 bridgehead atoms. The summed E-state index contributed by atoms with van der Waals surface area (Å²) < 4.78 is 5.46. The summed E-state index contributed by atoms with van der Waals surface area (Å²) in [5, 5.41) is 10.8. The highest BCUT2D eigenvalue weighted by Crippen LogP contribution is 2.30. The van der Waals surface area contributed by atoms with E-state index in [9.17, 15) is 5.11 Å². The van der Waals surface area contributed by atoms with Gasteiger partial charge in [0.1, 0.15) is 5.75 Å². The maximum absolute atomic E-state index is 9.75. The number of aliphatic hydroxyl groups is 1. The first-order chi connectivity index (χ1) is 7.63. The van der Waals surface area contributed by atoms with E-state index in [0.29, 0.717) is 6.61 Å². The van der Waals surface area contributed by atoms with E-state index in [2.05, 4.69) is 4.98 Å². The molecule has 1 atom stereocenters. The molecule has 0 radical (unpaired) electrons. The summed E-state index contributed by atoms with van der Waals surface area (Å²) in [6.07, 6.45) is -0.467. The van der Waals surface area contributed by atoms with Gasteiger partial charge in [-0.1, -0.05) is 0 Å². The quantitative estimate of drug-likeness (QED) is 0.833. The van der Waals surface area contributed by atoms with Crippen LogP contribution in [0.4, 0.5) is 0 Å². The zero-order valence-corrected chi connectivity index (χ0v) is 9.87. The molecule has 2 rings (SSSR count). The van der Waals surface area contributed by atoms with Gasteiger partial charge in [-0.3, -0.25) is 0 Å². The summed E-state index contributed by atoms with van der Waals surface area (Å²) in [5.74, 6) is 0.843. The van der Waals surface area contributed by atoms with Gasteiger partial charge in [0.2, 0.25) is 0 Å². The minimum absolute atomic E-state index is 0.467. The standard InChI is InChI=1S/C13H17NO2/c1-4-16-10-5-6-12-11(7-10)13(9(3)15)8(2)14-12/h5-7,9,14-15H,4H2,1-3H3. The molecule has 2 N–H and O–H groups in total. The molecule has 1 unspecified atom stereocenters. The Labute approximate surface area is 95.1 Å². The van der Waals surface area contributed by atoms with Crippen LogP contribution < -0.4 is 4.74 Å². The van der Waals surface area contributed by atoms with Crippen LogP contribution in [-0.2, 0) is 0 Å². The van der Waals surface area contributed by atoms with Gasteiger partial charge in [0, 0.05) is 22.2 Å². The Bertz CT molecular complexity index is 500. The summed E-state index contributed by atoms with van der Waals surface area (Å²) in [4.78, 5) is 3.26. The first-order valence-electron chi connectivity index (χ1n) is 5.56. The monoisotopic (exact) mass is 219 g/mol. The Kier molecular flexibility index (Phi) is 2.88. The largest absolute Gasteiger partial charge is 0.494 e. The van der Waals surface area contributed by atoms with Gasteiger partial charge < -0.3 is 14.8 Å². The van der Waals surface area contributed by atoms with Gasteiger partial charge in [-0.2, -0.15) is 0 Å². The van der Waals surface area contributed by atoms with E-state index in [1.807, 2.05) is 32.0 Å². The third-order valence-electron chi connectivity index (χ3n) is 2.74. The summed E-state index contributed by atoms with van der Waals surface area (Å²) in [5.41, 5.74) is 3.01. The number of fused-ring (bicyclic) bond motifs is 1. The summed E-state index contributed by atoms with van der Waals surface area (Å²) in [6, 6.07) is 5.90. The molecule has 0 saturated carbocycles. The van der Waals surface area contributed by atoms with Gasteiger partial charge in [0.05, 0.1) is 12.7 Å². The van der Waals surface area contributed by atoms with Gasteiger partial charge in [0.15, 0.2) is 0 Å². The number of ether oxygens (including phenoxy) is 1. The van der Waals surface area contributed by atoms with Crippen LogP contribution >= 0.6 is 0 Å². The predicted molar refractivity (Wildman–Crippen MR) is 64.8 cm³/mol. The highest BCUT2D eigenvalue weighted by molar-refractivity contribution is 5.86. The molecule has 1 aromatic carbocycles. The fourth-order valence-corrected chi connectivity index (χ4v) is 2.12. The molecule has 0 aliphatic carbocycles. The Balaban J connectivity index is 2.60. The van der Waals surface area contributed by atoms with Gasteiger partial charge in [-0.05, 0) is 39.0 Å². The molecule has 2 aromatic rings. The third-order valence-corrected chi connectivity index (χ3v) is 2.74. The number of aromatic amines is 1. The van der Waals surface area contributed by atoms with Crippen molar-refractivity contribution in [3.63, 3.8) is 0 Å². The number of nitrogens with one attached hydrogen (secondary N) is 1. The van der Waals surface area contributed by atoms with Crippen molar-refractivity contribution in [2.24, 2.45) is 0 Å². The van der Waals surface area contributed by atoms with Crippen molar-refractivity contribution >= 4 is 10.9 Å². The summed E-state index contributed by atoms with van der Waals surface area (Å²) in [7, 11) is 0. The molecule has 0 saturated heterocycles. The fourth-order valence-electron chi connectivity index (χ4n) is 2.12. The second-order valence-corrected chi connectivity index (χ2v) is 3.98. The predicted octanol–water partition coefficient (Wildman–Crippen LogP) is 2.93. The molecule has 86 valence electrons. The highest BCUT2D eigenvalue weighted by atomic mass is 16.5. The highest BCUT2D eigenvalue weighted by Gasteiger charge is 2.13. The number of aryl methyl sites for hydroxylation is 1. The van der Waals surface area contributed by atoms with E-state index in [4.69, 9.17) is 4.74 Å². The molecule has 0 fully saturated rings. The third kappa shape index (κ3) is 1.78. The molecule has 0 aliphatic heterocycles. The Hall–Kier alpha value is -1.48. The van der Waals surface area contributed by atoms with Crippen LogP contribution in [0.25, 0.3) is 10.9 Å². The minimum atomic E-state index is -0.467. The van der Waals surface area contributed by atoms with E-state index in [0.717, 1.165) is 27.9 Å². The van der Waals surface area contributed by atoms with Crippen molar-refractivity contribution < 1.29 is 9.84 Å². The zero-order chi connectivity index (χ0) is 11.7. The van der Waals surface area contributed by atoms with Crippen LogP contribution in [0.2, 0.25) is 0 Å². The van der Waals surface area contributed by atoms with Crippen LogP contribution in [0.3, 0.4) is 0 Å². The van der Waals surface area contributed by atoms with Crippen molar-refractivity contribution in [3.05, 3.63) is 29.5 Å². The van der Waals surface area contributed by atoms with Crippen molar-refractivity contribution in [2.75, 3.05) is 6.61 Å². The van der Waals surface area contributed by atoms with Crippen LogP contribution in [0.15, 0.2) is 18.2 Å². The normalized spacial score (nSPS) is 13.0. The molecule has 0 amide bonds. The van der Waals surface area contributed by atoms with E-state index >= 15 is 0 Å². The lowest BCUT2D eigenvalue weighted by atomic mass is 10.1. The molecule has 16 heavy (non-hydrogen) atoms. The van der Waals surface area contributed by atoms with E-state index < -0.39 is 6.10 Å². The lowest BCUT2D eigenvalue weighted by molar-refractivity contribution is 0.200. The lowest BCUT2D eigenvalue weighted by Crippen LogP contribution is -1.93. The Morgan fingerprint density at radius 2 is 2.19 bits per heavy atom. The Morgan fingerprint density at radius 1 is 1.44 bits per heavy atom. The number of benzene rings is 1. The number of H-pyrrole nitrogens is 1. The number of aliphatic hydroxyl groups excluding tert-OH is 1. The first kappa shape index (κ1) is 11.0. The van der Waals surface area contributed by atoms with Gasteiger partial charge >= 0.3 is 0 Å². The minimum Gasteiger partial charge on any atom is -0.494 e. The molecule has 1 heterocycles. The SMILES string of the molecule is CCOc1ccc2[nH]c(C)c(C(C)O)c2c1. The van der Waals surface area contributed by atoms with E-state index in [-0.39, 0.29) is 0 Å². The maximum Gasteiger partial charge on any atom is 0.120 e. The van der Waals surface area contributed by atoms with Crippen molar-refractivity contribution in [1.82, 2.24) is 4.98 Å². The second kappa shape index (κ2) is 4.18. The Morgan fingerprint density at radius 3 is 2.81 bits per heavy atom. The molecule has 3 heteroatoms. The smallest absolute Gasteiger partial charge is 0.120 e. The van der Waals surface area contributed by atoms with Gasteiger partial charge in [-0.15, -0.1) is 0 Å². The van der Waals surface area contributed by atoms with Crippen LogP contribution in [0.1, 0.15) is 31.2 Å². The summed E-state index contributed by atoms with van der Waals surface area (Å²) in [6.45, 7) is 6.37. The number of hydrogen-bond acceptors (Lipinski definition) is 2. The molecule has 0 aliphatic rings. The van der Waals surface area contributed by atoms with E-state index in [1.165, 1.54) is 0 Å². The van der Waals surface area contributed by atoms with Crippen molar-refractivity contribution in [2.45, 2.75) is 26.9 Å². The number of aromatic nitrogens is 1. The fraction of sp³-hybridized carbons (Fsp3) is 0.385. The topological polar surface area (TPSA) is 45.2 Å². The van der Waals surface area contributed by atoms with Crippen molar-refractivity contribution in [3.8, 4) is 5.75 Å². The zero-order valence-electron chi connectivity index (χ0n) is 9.87. The molecule has 1 aromatic heterocycles. The average molecular weight is 219 g/mol. The molecular weight excluding hydrogens is 202 g/mol. The van der Waals surface area contributed by atoms with Crippen LogP contribution in [-0.4, -0.2) is 16.7 Å². The van der Waals surface area contributed by atoms with Gasteiger partial charge in [-0.25, -0.2) is 0 Å². The number of hydrogen-bond donors (Lipinski definition) is 2.